The van der Waals surface area contributed by atoms with Gasteiger partial charge < -0.3 is 10.2 Å². The molecule has 2 aliphatic rings. The van der Waals surface area contributed by atoms with Crippen LogP contribution in [0.15, 0.2) is 77.7 Å². The van der Waals surface area contributed by atoms with Gasteiger partial charge in [0.25, 0.3) is 15.9 Å². The van der Waals surface area contributed by atoms with Gasteiger partial charge in [0.15, 0.2) is 0 Å². The Balaban J connectivity index is 1.51. The minimum absolute atomic E-state index is 0.00686. The normalized spacial score (nSPS) is 16.8. The summed E-state index contributed by atoms with van der Waals surface area (Å²) in [4.78, 5) is 42.2. The van der Waals surface area contributed by atoms with Gasteiger partial charge in [0.05, 0.1) is 5.56 Å². The summed E-state index contributed by atoms with van der Waals surface area (Å²) in [6.45, 7) is -0.859. The fraction of sp³-hybridized carbons (Fsp3) is 0.300. The summed E-state index contributed by atoms with van der Waals surface area (Å²) >= 11 is 12.6. The second-order valence-corrected chi connectivity index (χ2v) is 12.9. The summed E-state index contributed by atoms with van der Waals surface area (Å²) in [5, 5.41) is 3.79. The third-order valence-electron chi connectivity index (χ3n) is 7.52. The number of hydrogen-bond acceptors (Lipinski definition) is 5. The molecule has 0 bridgehead atoms. The smallest absolute Gasteiger partial charge is 0.269 e. The first-order chi connectivity index (χ1) is 19.6. The molecule has 1 atom stereocenters. The highest BCUT2D eigenvalue weighted by atomic mass is 35.5. The highest BCUT2D eigenvalue weighted by molar-refractivity contribution is 7.90. The standard InChI is InChI=1S/C30H29Cl2N3O5S/c31-22-15-14-21(25(32)17-22)18-34(28(36)19-35-30(38)24-12-6-7-13-27(24)41(35,39)40)26(16-20-8-2-1-3-9-20)29(37)33-23-10-4-5-11-23/h1-3,6-9,12-15,17,23,26H,4-5,10-11,16,18-19H2,(H,33,37). The summed E-state index contributed by atoms with van der Waals surface area (Å²) in [5.74, 6) is -1.84. The number of nitrogens with one attached hydrogen (secondary N) is 1. The predicted octanol–water partition coefficient (Wildman–Crippen LogP) is 4.84. The van der Waals surface area contributed by atoms with E-state index < -0.39 is 34.4 Å². The van der Waals surface area contributed by atoms with Gasteiger partial charge in [-0.2, -0.15) is 0 Å². The van der Waals surface area contributed by atoms with Crippen LogP contribution in [-0.2, 0) is 32.6 Å². The number of carbonyl (C=O) groups excluding carboxylic acids is 3. The van der Waals surface area contributed by atoms with Crippen molar-refractivity contribution in [2.24, 2.45) is 0 Å². The molecule has 0 spiro atoms. The minimum atomic E-state index is -4.24. The zero-order valence-electron chi connectivity index (χ0n) is 22.1. The van der Waals surface area contributed by atoms with Crippen LogP contribution >= 0.6 is 23.2 Å². The van der Waals surface area contributed by atoms with Crippen molar-refractivity contribution in [1.82, 2.24) is 14.5 Å². The van der Waals surface area contributed by atoms with E-state index in [1.165, 1.54) is 29.2 Å². The monoisotopic (exact) mass is 613 g/mol. The third kappa shape index (κ3) is 6.27. The van der Waals surface area contributed by atoms with Crippen LogP contribution in [-0.4, -0.2) is 54.0 Å². The van der Waals surface area contributed by atoms with E-state index in [2.05, 4.69) is 5.32 Å². The molecule has 1 saturated carbocycles. The summed E-state index contributed by atoms with van der Waals surface area (Å²) in [5.41, 5.74) is 1.35. The molecule has 1 fully saturated rings. The molecular weight excluding hydrogens is 585 g/mol. The number of benzene rings is 3. The largest absolute Gasteiger partial charge is 0.352 e. The van der Waals surface area contributed by atoms with Gasteiger partial charge >= 0.3 is 0 Å². The topological polar surface area (TPSA) is 104 Å². The average Bonchev–Trinajstić information content (AvgIpc) is 3.53. The van der Waals surface area contributed by atoms with Gasteiger partial charge in [-0.05, 0) is 48.2 Å². The van der Waals surface area contributed by atoms with Crippen molar-refractivity contribution < 1.29 is 22.8 Å². The Morgan fingerprint density at radius 2 is 1.66 bits per heavy atom. The molecule has 214 valence electrons. The first kappa shape index (κ1) is 29.1. The summed E-state index contributed by atoms with van der Waals surface area (Å²) in [7, 11) is -4.24. The predicted molar refractivity (Wildman–Crippen MR) is 156 cm³/mol. The summed E-state index contributed by atoms with van der Waals surface area (Å²) < 4.78 is 27.1. The molecule has 8 nitrogen and oxygen atoms in total. The lowest BCUT2D eigenvalue weighted by molar-refractivity contribution is -0.141. The molecule has 1 heterocycles. The van der Waals surface area contributed by atoms with Gasteiger partial charge in [0.2, 0.25) is 11.8 Å². The molecule has 0 aromatic heterocycles. The van der Waals surface area contributed by atoms with E-state index in [0.717, 1.165) is 31.2 Å². The number of rotatable bonds is 9. The maximum absolute atomic E-state index is 14.1. The minimum Gasteiger partial charge on any atom is -0.352 e. The van der Waals surface area contributed by atoms with Crippen molar-refractivity contribution in [3.8, 4) is 0 Å². The lowest BCUT2D eigenvalue weighted by atomic mass is 10.0. The van der Waals surface area contributed by atoms with Gasteiger partial charge in [-0.25, -0.2) is 12.7 Å². The Labute approximate surface area is 249 Å². The summed E-state index contributed by atoms with van der Waals surface area (Å²) in [6, 6.07) is 18.9. The number of nitrogens with zero attached hydrogens (tertiary/aromatic N) is 2. The highest BCUT2D eigenvalue weighted by Crippen LogP contribution is 2.31. The number of carbonyl (C=O) groups is 3. The average molecular weight is 615 g/mol. The number of hydrogen-bond donors (Lipinski definition) is 1. The van der Waals surface area contributed by atoms with Crippen LogP contribution in [0, 0.1) is 0 Å². The molecule has 0 radical (unpaired) electrons. The van der Waals surface area contributed by atoms with Crippen LogP contribution in [0.3, 0.4) is 0 Å². The fourth-order valence-corrected chi connectivity index (χ4v) is 7.34. The van der Waals surface area contributed by atoms with E-state index in [1.54, 1.807) is 18.2 Å². The molecule has 1 aliphatic heterocycles. The molecule has 3 aromatic carbocycles. The van der Waals surface area contributed by atoms with Crippen LogP contribution < -0.4 is 5.32 Å². The highest BCUT2D eigenvalue weighted by Gasteiger charge is 2.43. The summed E-state index contributed by atoms with van der Waals surface area (Å²) in [6.07, 6.45) is 3.88. The van der Waals surface area contributed by atoms with Crippen molar-refractivity contribution in [3.05, 3.63) is 99.5 Å². The first-order valence-electron chi connectivity index (χ1n) is 13.4. The van der Waals surface area contributed by atoms with Crippen molar-refractivity contribution >= 4 is 50.9 Å². The van der Waals surface area contributed by atoms with Crippen LogP contribution in [0.4, 0.5) is 0 Å². The molecule has 11 heteroatoms. The van der Waals surface area contributed by atoms with Gasteiger partial charge in [0.1, 0.15) is 17.5 Å². The van der Waals surface area contributed by atoms with Crippen molar-refractivity contribution in [2.75, 3.05) is 6.54 Å². The Hall–Kier alpha value is -3.40. The molecule has 41 heavy (non-hydrogen) atoms. The zero-order valence-corrected chi connectivity index (χ0v) is 24.5. The van der Waals surface area contributed by atoms with E-state index in [4.69, 9.17) is 23.2 Å². The van der Waals surface area contributed by atoms with Crippen LogP contribution in [0.5, 0.6) is 0 Å². The lowest BCUT2D eigenvalue weighted by Crippen LogP contribution is -2.54. The van der Waals surface area contributed by atoms with Crippen molar-refractivity contribution in [2.45, 2.75) is 55.6 Å². The molecule has 1 unspecified atom stereocenters. The van der Waals surface area contributed by atoms with Crippen molar-refractivity contribution in [1.29, 1.82) is 0 Å². The Morgan fingerprint density at radius 1 is 0.976 bits per heavy atom. The SMILES string of the molecule is O=C(NC1CCCC1)C(Cc1ccccc1)N(Cc1ccc(Cl)cc1Cl)C(=O)CN1C(=O)c2ccccc2S1(=O)=O. The second-order valence-electron chi connectivity index (χ2n) is 10.3. The molecular formula is C30H29Cl2N3O5S. The third-order valence-corrected chi connectivity index (χ3v) is 9.89. The van der Waals surface area contributed by atoms with Gasteiger partial charge in [0, 0.05) is 29.1 Å². The van der Waals surface area contributed by atoms with Gasteiger partial charge in [-0.15, -0.1) is 0 Å². The maximum Gasteiger partial charge on any atom is 0.269 e. The Morgan fingerprint density at radius 3 is 2.34 bits per heavy atom. The quantitative estimate of drug-likeness (QED) is 0.372. The van der Waals surface area contributed by atoms with E-state index >= 15 is 0 Å². The maximum atomic E-state index is 14.1. The number of fused-ring (bicyclic) bond motifs is 1. The number of halogens is 2. The van der Waals surface area contributed by atoms with Crippen LogP contribution in [0.25, 0.3) is 0 Å². The Kier molecular flexibility index (Phi) is 8.68. The molecule has 3 amide bonds. The van der Waals surface area contributed by atoms with E-state index in [1.807, 2.05) is 30.3 Å². The van der Waals surface area contributed by atoms with E-state index in [-0.39, 0.29) is 35.4 Å². The molecule has 1 N–H and O–H groups in total. The zero-order chi connectivity index (χ0) is 29.1. The van der Waals surface area contributed by atoms with Gasteiger partial charge in [-0.3, -0.25) is 14.4 Å². The fourth-order valence-electron chi connectivity index (χ4n) is 5.36. The lowest BCUT2D eigenvalue weighted by Gasteiger charge is -2.33. The number of amides is 3. The van der Waals surface area contributed by atoms with Gasteiger partial charge in [-0.1, -0.05) is 84.6 Å². The van der Waals surface area contributed by atoms with E-state index in [9.17, 15) is 22.8 Å². The molecule has 3 aromatic rings. The number of sulfonamides is 1. The van der Waals surface area contributed by atoms with Crippen LogP contribution in [0.1, 0.15) is 47.2 Å². The second kappa shape index (κ2) is 12.2. The Bertz CT molecular complexity index is 1580. The molecule has 1 aliphatic carbocycles. The molecule has 5 rings (SSSR count). The van der Waals surface area contributed by atoms with Crippen LogP contribution in [0.2, 0.25) is 10.0 Å². The first-order valence-corrected chi connectivity index (χ1v) is 15.6. The van der Waals surface area contributed by atoms with E-state index in [0.29, 0.717) is 19.9 Å². The molecule has 0 saturated heterocycles. The van der Waals surface area contributed by atoms with Crippen molar-refractivity contribution in [3.63, 3.8) is 0 Å².